The molecule has 0 amide bonds. The van der Waals surface area contributed by atoms with Crippen LogP contribution in [0.15, 0.2) is 22.4 Å². The Morgan fingerprint density at radius 1 is 1.47 bits per heavy atom. The van der Waals surface area contributed by atoms with E-state index >= 15 is 0 Å². The van der Waals surface area contributed by atoms with Crippen LogP contribution < -0.4 is 5.43 Å². The summed E-state index contributed by atoms with van der Waals surface area (Å²) >= 11 is 1.50. The van der Waals surface area contributed by atoms with Crippen LogP contribution in [-0.4, -0.2) is 17.1 Å². The minimum atomic E-state index is -0.548. The zero-order chi connectivity index (χ0) is 12.4. The molecule has 0 unspecified atom stereocenters. The monoisotopic (exact) mass is 251 g/mol. The van der Waals surface area contributed by atoms with E-state index in [9.17, 15) is 9.59 Å². The predicted molar refractivity (Wildman–Crippen MR) is 67.7 cm³/mol. The van der Waals surface area contributed by atoms with Gasteiger partial charge in [0, 0.05) is 12.7 Å². The normalized spacial score (nSPS) is 10.7. The van der Waals surface area contributed by atoms with Gasteiger partial charge < -0.3 is 9.30 Å². The smallest absolute Gasteiger partial charge is 0.343 e. The molecule has 2 rings (SSSR count). The van der Waals surface area contributed by atoms with E-state index in [-0.39, 0.29) is 17.6 Å². The average Bonchev–Trinajstić information content (AvgIpc) is 2.79. The molecule has 0 saturated heterocycles. The third-order valence-corrected chi connectivity index (χ3v) is 3.47. The Morgan fingerprint density at radius 3 is 2.88 bits per heavy atom. The largest absolute Gasteiger partial charge is 0.462 e. The number of thiophene rings is 1. The van der Waals surface area contributed by atoms with E-state index in [4.69, 9.17) is 4.74 Å². The molecule has 0 radical (unpaired) electrons. The molecule has 0 N–H and O–H groups in total. The molecule has 4 nitrogen and oxygen atoms in total. The standard InChI is InChI=1S/C12H13NO3S/c1-3-13-7-9(12(15)16-4-2)10(14)8-5-6-17-11(8)13/h5-7H,3-4H2,1-2H3. The number of esters is 1. The van der Waals surface area contributed by atoms with Crippen LogP contribution in [0, 0.1) is 0 Å². The molecule has 0 aromatic carbocycles. The summed E-state index contributed by atoms with van der Waals surface area (Å²) in [5.74, 6) is -0.548. The second kappa shape index (κ2) is 4.71. The summed E-state index contributed by atoms with van der Waals surface area (Å²) in [6.07, 6.45) is 1.58. The average molecular weight is 251 g/mol. The number of aryl methyl sites for hydroxylation is 1. The van der Waals surface area contributed by atoms with Crippen LogP contribution in [0.2, 0.25) is 0 Å². The Hall–Kier alpha value is -1.62. The fourth-order valence-corrected chi connectivity index (χ4v) is 2.64. The Balaban J connectivity index is 2.68. The summed E-state index contributed by atoms with van der Waals surface area (Å²) < 4.78 is 6.78. The number of nitrogens with zero attached hydrogens (tertiary/aromatic N) is 1. The number of rotatable bonds is 3. The van der Waals surface area contributed by atoms with Crippen LogP contribution in [0.1, 0.15) is 24.2 Å². The highest BCUT2D eigenvalue weighted by molar-refractivity contribution is 7.16. The van der Waals surface area contributed by atoms with Gasteiger partial charge in [-0.2, -0.15) is 0 Å². The van der Waals surface area contributed by atoms with Gasteiger partial charge in [0.05, 0.1) is 12.0 Å². The third-order valence-electron chi connectivity index (χ3n) is 2.52. The van der Waals surface area contributed by atoms with Gasteiger partial charge >= 0.3 is 5.97 Å². The van der Waals surface area contributed by atoms with Crippen molar-refractivity contribution < 1.29 is 9.53 Å². The first-order chi connectivity index (χ1) is 8.19. The molecule has 2 aromatic rings. The summed E-state index contributed by atoms with van der Waals surface area (Å²) in [5, 5.41) is 2.44. The number of fused-ring (bicyclic) bond motifs is 1. The van der Waals surface area contributed by atoms with E-state index in [1.165, 1.54) is 11.3 Å². The highest BCUT2D eigenvalue weighted by Gasteiger charge is 2.16. The van der Waals surface area contributed by atoms with Crippen LogP contribution >= 0.6 is 11.3 Å². The summed E-state index contributed by atoms with van der Waals surface area (Å²) in [4.78, 5) is 24.6. The Kier molecular flexibility index (Phi) is 3.28. The van der Waals surface area contributed by atoms with Crippen molar-refractivity contribution >= 4 is 27.5 Å². The van der Waals surface area contributed by atoms with Gasteiger partial charge in [-0.1, -0.05) is 0 Å². The molecule has 2 heterocycles. The van der Waals surface area contributed by atoms with Crippen LogP contribution in [0.5, 0.6) is 0 Å². The van der Waals surface area contributed by atoms with Crippen molar-refractivity contribution in [3.05, 3.63) is 33.4 Å². The quantitative estimate of drug-likeness (QED) is 0.786. The number of hydrogen-bond donors (Lipinski definition) is 0. The molecule has 0 aliphatic heterocycles. The highest BCUT2D eigenvalue weighted by Crippen LogP contribution is 2.18. The minimum absolute atomic E-state index is 0.111. The molecule has 0 atom stereocenters. The van der Waals surface area contributed by atoms with E-state index < -0.39 is 5.97 Å². The topological polar surface area (TPSA) is 48.3 Å². The van der Waals surface area contributed by atoms with Gasteiger partial charge in [0.1, 0.15) is 10.4 Å². The van der Waals surface area contributed by atoms with Gasteiger partial charge in [-0.3, -0.25) is 4.79 Å². The summed E-state index contributed by atoms with van der Waals surface area (Å²) in [6, 6.07) is 1.75. The number of carbonyl (C=O) groups excluding carboxylic acids is 1. The minimum Gasteiger partial charge on any atom is -0.462 e. The van der Waals surface area contributed by atoms with Crippen molar-refractivity contribution in [2.24, 2.45) is 0 Å². The number of pyridine rings is 1. The molecule has 0 aliphatic carbocycles. The molecule has 0 bridgehead atoms. The molecule has 0 aliphatic rings. The first-order valence-electron chi connectivity index (χ1n) is 5.46. The van der Waals surface area contributed by atoms with Gasteiger partial charge in [0.25, 0.3) is 0 Å². The maximum atomic E-state index is 12.1. The number of carbonyl (C=O) groups is 1. The summed E-state index contributed by atoms with van der Waals surface area (Å²) in [5.41, 5.74) is -0.135. The van der Waals surface area contributed by atoms with Crippen molar-refractivity contribution in [1.82, 2.24) is 4.57 Å². The van der Waals surface area contributed by atoms with Gasteiger partial charge in [-0.25, -0.2) is 4.79 Å². The lowest BCUT2D eigenvalue weighted by Gasteiger charge is -2.07. The van der Waals surface area contributed by atoms with Crippen molar-refractivity contribution in [3.63, 3.8) is 0 Å². The number of ether oxygens (including phenoxy) is 1. The summed E-state index contributed by atoms with van der Waals surface area (Å²) in [6.45, 7) is 4.67. The maximum Gasteiger partial charge on any atom is 0.343 e. The van der Waals surface area contributed by atoms with Crippen molar-refractivity contribution in [2.75, 3.05) is 6.61 Å². The molecule has 2 aromatic heterocycles. The molecule has 90 valence electrons. The molecular weight excluding hydrogens is 238 g/mol. The number of aromatic nitrogens is 1. The lowest BCUT2D eigenvalue weighted by molar-refractivity contribution is 0.0524. The Morgan fingerprint density at radius 2 is 2.24 bits per heavy atom. The van der Waals surface area contributed by atoms with E-state index in [2.05, 4.69) is 0 Å². The molecule has 0 fully saturated rings. The molecule has 5 heteroatoms. The zero-order valence-corrected chi connectivity index (χ0v) is 10.5. The fraction of sp³-hybridized carbons (Fsp3) is 0.333. The second-order valence-corrected chi connectivity index (χ2v) is 4.41. The molecule has 0 saturated carbocycles. The van der Waals surface area contributed by atoms with Crippen LogP contribution in [0.3, 0.4) is 0 Å². The van der Waals surface area contributed by atoms with Gasteiger partial charge in [0.15, 0.2) is 0 Å². The first kappa shape index (κ1) is 11.9. The van der Waals surface area contributed by atoms with Crippen LogP contribution in [0.25, 0.3) is 10.2 Å². The van der Waals surface area contributed by atoms with E-state index in [0.29, 0.717) is 11.9 Å². The number of hydrogen-bond acceptors (Lipinski definition) is 4. The fourth-order valence-electron chi connectivity index (χ4n) is 1.70. The van der Waals surface area contributed by atoms with Crippen LogP contribution in [-0.2, 0) is 11.3 Å². The van der Waals surface area contributed by atoms with E-state index in [1.54, 1.807) is 19.2 Å². The first-order valence-corrected chi connectivity index (χ1v) is 6.34. The van der Waals surface area contributed by atoms with Gasteiger partial charge in [0.2, 0.25) is 5.43 Å². The highest BCUT2D eigenvalue weighted by atomic mass is 32.1. The van der Waals surface area contributed by atoms with Crippen molar-refractivity contribution in [3.8, 4) is 0 Å². The Labute approximate surface area is 102 Å². The van der Waals surface area contributed by atoms with Gasteiger partial charge in [-0.05, 0) is 25.3 Å². The second-order valence-electron chi connectivity index (χ2n) is 3.52. The zero-order valence-electron chi connectivity index (χ0n) is 9.73. The third kappa shape index (κ3) is 1.98. The van der Waals surface area contributed by atoms with E-state index in [0.717, 1.165) is 4.83 Å². The maximum absolute atomic E-state index is 12.1. The lowest BCUT2D eigenvalue weighted by Crippen LogP contribution is -2.19. The molecule has 17 heavy (non-hydrogen) atoms. The molecule has 0 spiro atoms. The predicted octanol–water partition coefficient (Wildman–Crippen LogP) is 2.26. The Bertz CT molecular complexity index is 612. The summed E-state index contributed by atoms with van der Waals surface area (Å²) in [7, 11) is 0. The van der Waals surface area contributed by atoms with E-state index in [1.807, 2.05) is 16.9 Å². The van der Waals surface area contributed by atoms with Crippen molar-refractivity contribution in [2.45, 2.75) is 20.4 Å². The van der Waals surface area contributed by atoms with Crippen molar-refractivity contribution in [1.29, 1.82) is 0 Å². The molecular formula is C12H13NO3S. The van der Waals surface area contributed by atoms with Gasteiger partial charge in [-0.15, -0.1) is 11.3 Å². The van der Waals surface area contributed by atoms with Crippen LogP contribution in [0.4, 0.5) is 0 Å². The lowest BCUT2D eigenvalue weighted by atomic mass is 10.2. The SMILES string of the molecule is CCOC(=O)c1cn(CC)c2sccc2c1=O.